The summed E-state index contributed by atoms with van der Waals surface area (Å²) >= 11 is 0. The number of hydrogen-bond acceptors (Lipinski definition) is 4. The standard InChI is InChI=1S/C19H21N3O2/c1-24-21-17-11-18(12-20)22(13-17)19(23)16-9-7-15(8-10-16)14-5-3-2-4-6-14/h2-10,18H,11-13,20H2,1H3/b21-17+/t18-/m0/s1. The van der Waals surface area contributed by atoms with Crippen molar-refractivity contribution < 1.29 is 9.63 Å². The number of amides is 1. The van der Waals surface area contributed by atoms with Crippen molar-refractivity contribution >= 4 is 11.6 Å². The summed E-state index contributed by atoms with van der Waals surface area (Å²) in [6.45, 7) is 0.881. The molecule has 0 bridgehead atoms. The first-order valence-electron chi connectivity index (χ1n) is 7.98. The van der Waals surface area contributed by atoms with E-state index in [4.69, 9.17) is 10.6 Å². The summed E-state index contributed by atoms with van der Waals surface area (Å²) in [6.07, 6.45) is 0.665. The molecule has 1 aliphatic rings. The summed E-state index contributed by atoms with van der Waals surface area (Å²) in [6, 6.07) is 17.7. The van der Waals surface area contributed by atoms with E-state index in [1.54, 1.807) is 4.90 Å². The fourth-order valence-electron chi connectivity index (χ4n) is 3.02. The van der Waals surface area contributed by atoms with Crippen LogP contribution in [0.2, 0.25) is 0 Å². The number of likely N-dealkylation sites (tertiary alicyclic amines) is 1. The molecule has 2 aromatic carbocycles. The molecule has 0 spiro atoms. The molecule has 2 aromatic rings. The molecular weight excluding hydrogens is 302 g/mol. The lowest BCUT2D eigenvalue weighted by atomic mass is 10.0. The van der Waals surface area contributed by atoms with E-state index in [0.29, 0.717) is 25.1 Å². The van der Waals surface area contributed by atoms with Gasteiger partial charge in [-0.3, -0.25) is 4.79 Å². The maximum absolute atomic E-state index is 12.8. The predicted octanol–water partition coefficient (Wildman–Crippen LogP) is 2.53. The minimum absolute atomic E-state index is 0.0219. The first kappa shape index (κ1) is 16.2. The zero-order valence-corrected chi connectivity index (χ0v) is 13.7. The van der Waals surface area contributed by atoms with Crippen LogP contribution in [0.1, 0.15) is 16.8 Å². The molecule has 1 saturated heterocycles. The van der Waals surface area contributed by atoms with E-state index in [-0.39, 0.29) is 11.9 Å². The summed E-state index contributed by atoms with van der Waals surface area (Å²) in [5, 5.41) is 3.97. The van der Waals surface area contributed by atoms with Crippen LogP contribution in [0.3, 0.4) is 0 Å². The quantitative estimate of drug-likeness (QED) is 0.879. The van der Waals surface area contributed by atoms with Gasteiger partial charge in [-0.05, 0) is 23.3 Å². The van der Waals surface area contributed by atoms with Crippen molar-refractivity contribution in [3.63, 3.8) is 0 Å². The third-order valence-corrected chi connectivity index (χ3v) is 4.26. The first-order valence-corrected chi connectivity index (χ1v) is 7.98. The van der Waals surface area contributed by atoms with Gasteiger partial charge in [-0.15, -0.1) is 0 Å². The second-order valence-electron chi connectivity index (χ2n) is 5.81. The number of oxime groups is 1. The first-order chi connectivity index (χ1) is 11.7. The molecule has 1 atom stereocenters. The van der Waals surface area contributed by atoms with Crippen molar-refractivity contribution in [2.24, 2.45) is 10.9 Å². The molecule has 0 unspecified atom stereocenters. The maximum Gasteiger partial charge on any atom is 0.254 e. The van der Waals surface area contributed by atoms with Gasteiger partial charge in [0.25, 0.3) is 5.91 Å². The van der Waals surface area contributed by atoms with Gasteiger partial charge in [0.05, 0.1) is 18.3 Å². The van der Waals surface area contributed by atoms with Gasteiger partial charge >= 0.3 is 0 Å². The molecule has 5 heteroatoms. The Hall–Kier alpha value is -2.66. The number of carbonyl (C=O) groups excluding carboxylic acids is 1. The SMILES string of the molecule is CO/N=C1\C[C@@H](CN)N(C(=O)c2ccc(-c3ccccc3)cc2)C1. The zero-order valence-electron chi connectivity index (χ0n) is 13.7. The summed E-state index contributed by atoms with van der Waals surface area (Å²) in [4.78, 5) is 19.4. The van der Waals surface area contributed by atoms with Gasteiger partial charge in [0, 0.05) is 18.5 Å². The fourth-order valence-corrected chi connectivity index (χ4v) is 3.02. The Morgan fingerprint density at radius 1 is 1.17 bits per heavy atom. The average molecular weight is 323 g/mol. The molecule has 2 N–H and O–H groups in total. The lowest BCUT2D eigenvalue weighted by Gasteiger charge is -2.22. The third kappa shape index (κ3) is 3.31. The largest absolute Gasteiger partial charge is 0.399 e. The Balaban J connectivity index is 1.79. The third-order valence-electron chi connectivity index (χ3n) is 4.26. The van der Waals surface area contributed by atoms with Crippen LogP contribution in [0.25, 0.3) is 11.1 Å². The highest BCUT2D eigenvalue weighted by Gasteiger charge is 2.32. The van der Waals surface area contributed by atoms with Crippen LogP contribution >= 0.6 is 0 Å². The van der Waals surface area contributed by atoms with Crippen molar-refractivity contribution in [1.82, 2.24) is 4.90 Å². The van der Waals surface area contributed by atoms with Crippen molar-refractivity contribution in [1.29, 1.82) is 0 Å². The second-order valence-corrected chi connectivity index (χ2v) is 5.81. The molecule has 0 radical (unpaired) electrons. The molecule has 0 aromatic heterocycles. The lowest BCUT2D eigenvalue weighted by Crippen LogP contribution is -2.40. The van der Waals surface area contributed by atoms with Crippen LogP contribution in [-0.2, 0) is 4.84 Å². The molecule has 24 heavy (non-hydrogen) atoms. The molecule has 3 rings (SSSR count). The van der Waals surface area contributed by atoms with E-state index in [2.05, 4.69) is 17.3 Å². The molecule has 1 heterocycles. The molecule has 1 fully saturated rings. The number of nitrogens with zero attached hydrogens (tertiary/aromatic N) is 2. The molecule has 0 aliphatic carbocycles. The van der Waals surface area contributed by atoms with Gasteiger partial charge in [0.15, 0.2) is 0 Å². The predicted molar refractivity (Wildman–Crippen MR) is 94.8 cm³/mol. The van der Waals surface area contributed by atoms with E-state index in [1.165, 1.54) is 7.11 Å². The van der Waals surface area contributed by atoms with Crippen LogP contribution in [0.4, 0.5) is 0 Å². The average Bonchev–Trinajstić information content (AvgIpc) is 3.05. The minimum atomic E-state index is -0.0276. The van der Waals surface area contributed by atoms with Crippen LogP contribution < -0.4 is 5.73 Å². The Labute approximate surface area is 141 Å². The van der Waals surface area contributed by atoms with E-state index in [9.17, 15) is 4.79 Å². The smallest absolute Gasteiger partial charge is 0.254 e. The molecule has 1 aliphatic heterocycles. The van der Waals surface area contributed by atoms with Crippen molar-refractivity contribution in [2.75, 3.05) is 20.2 Å². The number of benzene rings is 2. The van der Waals surface area contributed by atoms with Gasteiger partial charge in [-0.25, -0.2) is 0 Å². The highest BCUT2D eigenvalue weighted by molar-refractivity contribution is 6.00. The van der Waals surface area contributed by atoms with Crippen LogP contribution in [-0.4, -0.2) is 42.8 Å². The van der Waals surface area contributed by atoms with Crippen LogP contribution in [0, 0.1) is 0 Å². The number of nitrogens with two attached hydrogens (primary N) is 1. The topological polar surface area (TPSA) is 67.9 Å². The summed E-state index contributed by atoms with van der Waals surface area (Å²) < 4.78 is 0. The van der Waals surface area contributed by atoms with Gasteiger partial charge in [0.2, 0.25) is 0 Å². The highest BCUT2D eigenvalue weighted by Crippen LogP contribution is 2.22. The van der Waals surface area contributed by atoms with Crippen LogP contribution in [0.15, 0.2) is 59.8 Å². The van der Waals surface area contributed by atoms with Crippen molar-refractivity contribution in [3.8, 4) is 11.1 Å². The van der Waals surface area contributed by atoms with E-state index in [1.807, 2.05) is 42.5 Å². The van der Waals surface area contributed by atoms with E-state index in [0.717, 1.165) is 16.8 Å². The van der Waals surface area contributed by atoms with E-state index >= 15 is 0 Å². The Kier molecular flexibility index (Phi) is 4.91. The maximum atomic E-state index is 12.8. The molecule has 124 valence electrons. The molecule has 5 nitrogen and oxygen atoms in total. The second kappa shape index (κ2) is 7.27. The summed E-state index contributed by atoms with van der Waals surface area (Å²) in [5.41, 5.74) is 9.54. The van der Waals surface area contributed by atoms with Crippen molar-refractivity contribution in [3.05, 3.63) is 60.2 Å². The fraction of sp³-hybridized carbons (Fsp3) is 0.263. The Bertz CT molecular complexity index is 726. The number of carbonyl (C=O) groups is 1. The van der Waals surface area contributed by atoms with E-state index < -0.39 is 0 Å². The summed E-state index contributed by atoms with van der Waals surface area (Å²) in [7, 11) is 1.51. The molecule has 1 amide bonds. The van der Waals surface area contributed by atoms with Gasteiger partial charge < -0.3 is 15.5 Å². The van der Waals surface area contributed by atoms with Crippen LogP contribution in [0.5, 0.6) is 0 Å². The Morgan fingerprint density at radius 2 is 1.83 bits per heavy atom. The van der Waals surface area contributed by atoms with Gasteiger partial charge in [0.1, 0.15) is 7.11 Å². The van der Waals surface area contributed by atoms with Crippen molar-refractivity contribution in [2.45, 2.75) is 12.5 Å². The van der Waals surface area contributed by atoms with Gasteiger partial charge in [-0.1, -0.05) is 47.6 Å². The highest BCUT2D eigenvalue weighted by atomic mass is 16.6. The lowest BCUT2D eigenvalue weighted by molar-refractivity contribution is 0.0745. The molecule has 0 saturated carbocycles. The molecular formula is C19H21N3O2. The zero-order chi connectivity index (χ0) is 16.9. The minimum Gasteiger partial charge on any atom is -0.399 e. The monoisotopic (exact) mass is 323 g/mol. The Morgan fingerprint density at radius 3 is 2.46 bits per heavy atom. The number of rotatable bonds is 4. The summed E-state index contributed by atoms with van der Waals surface area (Å²) in [5.74, 6) is -0.0219. The van der Waals surface area contributed by atoms with Gasteiger partial charge in [-0.2, -0.15) is 0 Å². The normalized spacial score (nSPS) is 18.8. The number of hydrogen-bond donors (Lipinski definition) is 1.